The van der Waals surface area contributed by atoms with Crippen molar-refractivity contribution in [1.29, 1.82) is 0 Å². The van der Waals surface area contributed by atoms with Crippen molar-refractivity contribution in [2.75, 3.05) is 0 Å². The predicted octanol–water partition coefficient (Wildman–Crippen LogP) is 0.594. The smallest absolute Gasteiger partial charge is 0.151 e. The molecule has 0 aliphatic heterocycles. The van der Waals surface area contributed by atoms with Gasteiger partial charge in [-0.25, -0.2) is 0 Å². The van der Waals surface area contributed by atoms with E-state index in [1.165, 1.54) is 0 Å². The van der Waals surface area contributed by atoms with Gasteiger partial charge in [-0.1, -0.05) is 0 Å². The Balaban J connectivity index is 3.03. The standard InChI is InChI=1S/C7H10N2O/c1-5-6(4-10)2-7(3-8)9-5/h2,4,9H,3,8H2,1H3. The van der Waals surface area contributed by atoms with Crippen molar-refractivity contribution in [3.05, 3.63) is 23.0 Å². The molecule has 3 heteroatoms. The second-order valence-electron chi connectivity index (χ2n) is 2.20. The molecule has 0 fully saturated rings. The molecular weight excluding hydrogens is 128 g/mol. The van der Waals surface area contributed by atoms with E-state index in [1.807, 2.05) is 6.92 Å². The number of hydrogen-bond acceptors (Lipinski definition) is 2. The molecule has 3 N–H and O–H groups in total. The zero-order chi connectivity index (χ0) is 7.56. The molecule has 0 bridgehead atoms. The number of aromatic amines is 1. The lowest BCUT2D eigenvalue weighted by Crippen LogP contribution is -1.95. The maximum atomic E-state index is 10.3. The second-order valence-corrected chi connectivity index (χ2v) is 2.20. The van der Waals surface area contributed by atoms with Crippen molar-refractivity contribution >= 4 is 6.29 Å². The molecule has 0 saturated carbocycles. The summed E-state index contributed by atoms with van der Waals surface area (Å²) in [5.41, 5.74) is 7.82. The SMILES string of the molecule is Cc1[nH]c(CN)cc1C=O. The first-order valence-electron chi connectivity index (χ1n) is 3.11. The highest BCUT2D eigenvalue weighted by Crippen LogP contribution is 2.05. The van der Waals surface area contributed by atoms with E-state index in [9.17, 15) is 4.79 Å². The van der Waals surface area contributed by atoms with Crippen LogP contribution in [-0.2, 0) is 6.54 Å². The summed E-state index contributed by atoms with van der Waals surface area (Å²) >= 11 is 0. The van der Waals surface area contributed by atoms with Gasteiger partial charge in [0.15, 0.2) is 6.29 Å². The van der Waals surface area contributed by atoms with Crippen molar-refractivity contribution in [2.45, 2.75) is 13.5 Å². The van der Waals surface area contributed by atoms with E-state index in [1.54, 1.807) is 6.07 Å². The Hall–Kier alpha value is -1.09. The number of aromatic nitrogens is 1. The lowest BCUT2D eigenvalue weighted by Gasteiger charge is -1.85. The Bertz CT molecular complexity index is 240. The van der Waals surface area contributed by atoms with Crippen LogP contribution in [0.3, 0.4) is 0 Å². The van der Waals surface area contributed by atoms with Crippen molar-refractivity contribution in [2.24, 2.45) is 5.73 Å². The molecule has 0 unspecified atom stereocenters. The number of aldehydes is 1. The number of nitrogens with two attached hydrogens (primary N) is 1. The number of carbonyl (C=O) groups is 1. The van der Waals surface area contributed by atoms with Crippen LogP contribution in [0.25, 0.3) is 0 Å². The van der Waals surface area contributed by atoms with Gasteiger partial charge < -0.3 is 10.7 Å². The molecule has 1 rings (SSSR count). The number of hydrogen-bond donors (Lipinski definition) is 2. The third-order valence-electron chi connectivity index (χ3n) is 1.46. The van der Waals surface area contributed by atoms with E-state index < -0.39 is 0 Å². The van der Waals surface area contributed by atoms with Gasteiger partial charge in [-0.3, -0.25) is 4.79 Å². The number of carbonyl (C=O) groups excluding carboxylic acids is 1. The van der Waals surface area contributed by atoms with E-state index >= 15 is 0 Å². The third-order valence-corrected chi connectivity index (χ3v) is 1.46. The largest absolute Gasteiger partial charge is 0.361 e. The quantitative estimate of drug-likeness (QED) is 0.588. The molecule has 0 aromatic carbocycles. The summed E-state index contributed by atoms with van der Waals surface area (Å²) in [5, 5.41) is 0. The van der Waals surface area contributed by atoms with Crippen LogP contribution in [0.2, 0.25) is 0 Å². The Morgan fingerprint density at radius 2 is 2.50 bits per heavy atom. The molecular formula is C7H10N2O. The van der Waals surface area contributed by atoms with Gasteiger partial charge in [0.2, 0.25) is 0 Å². The van der Waals surface area contributed by atoms with Crippen molar-refractivity contribution in [3.63, 3.8) is 0 Å². The molecule has 0 aliphatic carbocycles. The molecule has 1 aromatic heterocycles. The molecule has 1 aromatic rings. The molecule has 0 radical (unpaired) electrons. The normalized spacial score (nSPS) is 9.80. The summed E-state index contributed by atoms with van der Waals surface area (Å²) in [4.78, 5) is 13.3. The average Bonchev–Trinajstić information content (AvgIpc) is 2.30. The van der Waals surface area contributed by atoms with Gasteiger partial charge in [-0.05, 0) is 13.0 Å². The van der Waals surface area contributed by atoms with Crippen molar-refractivity contribution < 1.29 is 4.79 Å². The van der Waals surface area contributed by atoms with Gasteiger partial charge in [0.1, 0.15) is 0 Å². The van der Waals surface area contributed by atoms with Gasteiger partial charge in [-0.2, -0.15) is 0 Å². The second kappa shape index (κ2) is 2.66. The Labute approximate surface area is 59.2 Å². The number of nitrogens with one attached hydrogen (secondary N) is 1. The maximum absolute atomic E-state index is 10.3. The highest BCUT2D eigenvalue weighted by Gasteiger charge is 1.99. The Morgan fingerprint density at radius 1 is 1.80 bits per heavy atom. The topological polar surface area (TPSA) is 58.9 Å². The van der Waals surface area contributed by atoms with Crippen LogP contribution in [-0.4, -0.2) is 11.3 Å². The highest BCUT2D eigenvalue weighted by atomic mass is 16.1. The Kier molecular flexibility index (Phi) is 1.87. The van der Waals surface area contributed by atoms with Crippen LogP contribution in [0.1, 0.15) is 21.7 Å². The number of aryl methyl sites for hydroxylation is 1. The van der Waals surface area contributed by atoms with Gasteiger partial charge in [0.25, 0.3) is 0 Å². The van der Waals surface area contributed by atoms with Crippen LogP contribution < -0.4 is 5.73 Å². The fourth-order valence-corrected chi connectivity index (χ4v) is 0.877. The lowest BCUT2D eigenvalue weighted by atomic mass is 10.3. The summed E-state index contributed by atoms with van der Waals surface area (Å²) in [5.74, 6) is 0. The van der Waals surface area contributed by atoms with E-state index in [0.29, 0.717) is 12.1 Å². The molecule has 0 aliphatic rings. The summed E-state index contributed by atoms with van der Waals surface area (Å²) in [6.45, 7) is 2.30. The predicted molar refractivity (Wildman–Crippen MR) is 38.8 cm³/mol. The maximum Gasteiger partial charge on any atom is 0.151 e. The van der Waals surface area contributed by atoms with Crippen LogP contribution in [0.4, 0.5) is 0 Å². The van der Waals surface area contributed by atoms with Crippen LogP contribution in [0, 0.1) is 6.92 Å². The fraction of sp³-hybridized carbons (Fsp3) is 0.286. The van der Waals surface area contributed by atoms with Crippen molar-refractivity contribution in [3.8, 4) is 0 Å². The molecule has 10 heavy (non-hydrogen) atoms. The molecule has 54 valence electrons. The van der Waals surface area contributed by atoms with Gasteiger partial charge in [0.05, 0.1) is 0 Å². The molecule has 3 nitrogen and oxygen atoms in total. The van der Waals surface area contributed by atoms with E-state index in [0.717, 1.165) is 17.7 Å². The average molecular weight is 138 g/mol. The van der Waals surface area contributed by atoms with Crippen LogP contribution in [0.5, 0.6) is 0 Å². The highest BCUT2D eigenvalue weighted by molar-refractivity contribution is 5.76. The van der Waals surface area contributed by atoms with E-state index in [2.05, 4.69) is 4.98 Å². The first kappa shape index (κ1) is 7.02. The minimum Gasteiger partial charge on any atom is -0.361 e. The third kappa shape index (κ3) is 1.09. The first-order chi connectivity index (χ1) is 4.77. The summed E-state index contributed by atoms with van der Waals surface area (Å²) in [7, 11) is 0. The number of H-pyrrole nitrogens is 1. The van der Waals surface area contributed by atoms with Gasteiger partial charge in [0, 0.05) is 23.5 Å². The van der Waals surface area contributed by atoms with Crippen molar-refractivity contribution in [1.82, 2.24) is 4.98 Å². The molecule has 1 heterocycles. The summed E-state index contributed by atoms with van der Waals surface area (Å²) in [6.07, 6.45) is 0.824. The van der Waals surface area contributed by atoms with Crippen LogP contribution >= 0.6 is 0 Å². The minimum absolute atomic E-state index is 0.453. The summed E-state index contributed by atoms with van der Waals surface area (Å²) in [6, 6.07) is 1.77. The first-order valence-corrected chi connectivity index (χ1v) is 3.11. The zero-order valence-corrected chi connectivity index (χ0v) is 5.85. The van der Waals surface area contributed by atoms with Crippen LogP contribution in [0.15, 0.2) is 6.07 Å². The van der Waals surface area contributed by atoms with E-state index in [-0.39, 0.29) is 0 Å². The summed E-state index contributed by atoms with van der Waals surface area (Å²) < 4.78 is 0. The fourth-order valence-electron chi connectivity index (χ4n) is 0.877. The molecule has 0 spiro atoms. The number of rotatable bonds is 2. The molecule has 0 atom stereocenters. The molecule has 0 saturated heterocycles. The lowest BCUT2D eigenvalue weighted by molar-refractivity contribution is 0.112. The van der Waals surface area contributed by atoms with Gasteiger partial charge >= 0.3 is 0 Å². The monoisotopic (exact) mass is 138 g/mol. The van der Waals surface area contributed by atoms with E-state index in [4.69, 9.17) is 5.73 Å². The minimum atomic E-state index is 0.453. The van der Waals surface area contributed by atoms with Gasteiger partial charge in [-0.15, -0.1) is 0 Å². The Morgan fingerprint density at radius 3 is 2.80 bits per heavy atom. The molecule has 0 amide bonds. The zero-order valence-electron chi connectivity index (χ0n) is 5.85.